The van der Waals surface area contributed by atoms with Gasteiger partial charge in [0.05, 0.1) is 22.6 Å². The Labute approximate surface area is 131 Å². The molecule has 0 bridgehead atoms. The van der Waals surface area contributed by atoms with Crippen LogP contribution in [-0.4, -0.2) is 38.7 Å². The van der Waals surface area contributed by atoms with Gasteiger partial charge in [-0.05, 0) is 54.6 Å². The number of carboxylic acid groups (broad SMARTS) is 1. The molecular weight excluding hydrogens is 397 g/mol. The monoisotopic (exact) mass is 413 g/mol. The molecule has 0 heterocycles. The minimum absolute atomic E-state index is 0.0435. The molecule has 0 spiro atoms. The molecule has 0 fully saturated rings. The molecule has 0 aliphatic heterocycles. The second kappa shape index (κ2) is 6.37. The zero-order chi connectivity index (χ0) is 15.6. The van der Waals surface area contributed by atoms with Crippen LogP contribution in [0.4, 0.5) is 0 Å². The summed E-state index contributed by atoms with van der Waals surface area (Å²) in [6.07, 6.45) is 0. The van der Waals surface area contributed by atoms with Crippen LogP contribution in [0.25, 0.3) is 0 Å². The van der Waals surface area contributed by atoms with Crippen LogP contribution in [0.15, 0.2) is 23.1 Å². The number of ether oxygens (including phenoxy) is 1. The predicted molar refractivity (Wildman–Crippen MR) is 82.4 cm³/mol. The fraction of sp³-hybridized carbons (Fsp3) is 0.417. The van der Waals surface area contributed by atoms with E-state index in [4.69, 9.17) is 9.84 Å². The predicted octanol–water partition coefficient (Wildman–Crippen LogP) is 1.69. The Balaban J connectivity index is 3.17. The van der Waals surface area contributed by atoms with Gasteiger partial charge in [0.1, 0.15) is 0 Å². The van der Waals surface area contributed by atoms with Gasteiger partial charge in [0.25, 0.3) is 0 Å². The second-order valence-electron chi connectivity index (χ2n) is 4.87. The van der Waals surface area contributed by atoms with Gasteiger partial charge >= 0.3 is 5.97 Å². The van der Waals surface area contributed by atoms with E-state index in [1.807, 2.05) is 22.6 Å². The fourth-order valence-electron chi connectivity index (χ4n) is 1.65. The van der Waals surface area contributed by atoms with Crippen LogP contribution in [-0.2, 0) is 14.8 Å². The Morgan fingerprint density at radius 3 is 2.55 bits per heavy atom. The maximum Gasteiger partial charge on any atom is 0.336 e. The van der Waals surface area contributed by atoms with Crippen molar-refractivity contribution in [3.05, 3.63) is 27.3 Å². The van der Waals surface area contributed by atoms with E-state index in [-0.39, 0.29) is 17.1 Å². The number of hydrogen-bond donors (Lipinski definition) is 2. The molecule has 0 aliphatic rings. The molecule has 0 saturated heterocycles. The van der Waals surface area contributed by atoms with Crippen LogP contribution in [0.5, 0.6) is 0 Å². The average Bonchev–Trinajstić information content (AvgIpc) is 2.26. The molecule has 0 unspecified atom stereocenters. The van der Waals surface area contributed by atoms with Gasteiger partial charge in [0, 0.05) is 10.7 Å². The van der Waals surface area contributed by atoms with E-state index in [2.05, 4.69) is 4.72 Å². The third-order valence-electron chi connectivity index (χ3n) is 2.39. The zero-order valence-corrected chi connectivity index (χ0v) is 14.3. The Morgan fingerprint density at radius 1 is 1.45 bits per heavy atom. The molecule has 1 rings (SSSR count). The molecule has 0 radical (unpaired) electrons. The zero-order valence-electron chi connectivity index (χ0n) is 11.3. The number of carboxylic acids is 1. The Morgan fingerprint density at radius 2 is 2.05 bits per heavy atom. The SMILES string of the molecule is COCC(C)(C)NS(=O)(=O)c1ccc(I)c(C(=O)O)c1. The highest BCUT2D eigenvalue weighted by molar-refractivity contribution is 14.1. The topological polar surface area (TPSA) is 92.7 Å². The van der Waals surface area contributed by atoms with Crippen molar-refractivity contribution < 1.29 is 23.1 Å². The van der Waals surface area contributed by atoms with Crippen LogP contribution in [0.1, 0.15) is 24.2 Å². The summed E-state index contributed by atoms with van der Waals surface area (Å²) >= 11 is 1.85. The molecule has 20 heavy (non-hydrogen) atoms. The highest BCUT2D eigenvalue weighted by atomic mass is 127. The van der Waals surface area contributed by atoms with Gasteiger partial charge in [-0.3, -0.25) is 0 Å². The Hall–Kier alpha value is -0.710. The van der Waals surface area contributed by atoms with Gasteiger partial charge < -0.3 is 9.84 Å². The Kier molecular flexibility index (Phi) is 5.53. The van der Waals surface area contributed by atoms with Gasteiger partial charge in [-0.15, -0.1) is 0 Å². The first-order chi connectivity index (χ1) is 9.09. The number of carbonyl (C=O) groups is 1. The fourth-order valence-corrected chi connectivity index (χ4v) is 3.64. The van der Waals surface area contributed by atoms with E-state index in [0.29, 0.717) is 3.57 Å². The van der Waals surface area contributed by atoms with Gasteiger partial charge in [-0.2, -0.15) is 0 Å². The number of methoxy groups -OCH3 is 1. The lowest BCUT2D eigenvalue weighted by Gasteiger charge is -2.25. The number of halogens is 1. The van der Waals surface area contributed by atoms with Crippen LogP contribution >= 0.6 is 22.6 Å². The van der Waals surface area contributed by atoms with Crippen molar-refractivity contribution in [1.82, 2.24) is 4.72 Å². The maximum atomic E-state index is 12.2. The number of sulfonamides is 1. The van der Waals surface area contributed by atoms with Gasteiger partial charge in [0.15, 0.2) is 0 Å². The first kappa shape index (κ1) is 17.3. The molecule has 0 aromatic heterocycles. The Bertz CT molecular complexity index is 612. The van der Waals surface area contributed by atoms with Crippen molar-refractivity contribution in [3.8, 4) is 0 Å². The average molecular weight is 413 g/mol. The minimum Gasteiger partial charge on any atom is -0.478 e. The molecule has 0 saturated carbocycles. The lowest BCUT2D eigenvalue weighted by molar-refractivity contribution is 0.0695. The third-order valence-corrected chi connectivity index (χ3v) is 5.03. The van der Waals surface area contributed by atoms with Gasteiger partial charge in [-0.1, -0.05) is 0 Å². The summed E-state index contributed by atoms with van der Waals surface area (Å²) in [5.41, 5.74) is -0.835. The van der Waals surface area contributed by atoms with E-state index >= 15 is 0 Å². The summed E-state index contributed by atoms with van der Waals surface area (Å²) in [5, 5.41) is 9.03. The first-order valence-electron chi connectivity index (χ1n) is 5.65. The molecule has 0 atom stereocenters. The summed E-state index contributed by atoms with van der Waals surface area (Å²) in [6, 6.07) is 3.98. The molecule has 2 N–H and O–H groups in total. The number of aromatic carboxylic acids is 1. The highest BCUT2D eigenvalue weighted by Gasteiger charge is 2.27. The van der Waals surface area contributed by atoms with Crippen LogP contribution < -0.4 is 4.72 Å². The van der Waals surface area contributed by atoms with Crippen LogP contribution in [0.3, 0.4) is 0 Å². The molecular formula is C12H16INO5S. The summed E-state index contributed by atoms with van der Waals surface area (Å²) in [7, 11) is -2.33. The quantitative estimate of drug-likeness (QED) is 0.693. The van der Waals surface area contributed by atoms with Gasteiger partial charge in [-0.25, -0.2) is 17.9 Å². The van der Waals surface area contributed by atoms with Crippen molar-refractivity contribution in [2.24, 2.45) is 0 Å². The van der Waals surface area contributed by atoms with Crippen LogP contribution in [0, 0.1) is 3.57 Å². The third kappa shape index (κ3) is 4.40. The maximum absolute atomic E-state index is 12.2. The molecule has 0 aliphatic carbocycles. The van der Waals surface area contributed by atoms with Crippen molar-refractivity contribution in [2.45, 2.75) is 24.3 Å². The van der Waals surface area contributed by atoms with E-state index < -0.39 is 21.5 Å². The van der Waals surface area contributed by atoms with Gasteiger partial charge in [0.2, 0.25) is 10.0 Å². The van der Waals surface area contributed by atoms with E-state index in [1.54, 1.807) is 13.8 Å². The number of nitrogens with one attached hydrogen (secondary N) is 1. The molecule has 1 aromatic rings. The van der Waals surface area contributed by atoms with Crippen molar-refractivity contribution >= 4 is 38.6 Å². The number of hydrogen-bond acceptors (Lipinski definition) is 4. The molecule has 1 aromatic carbocycles. The standard InChI is InChI=1S/C12H16INO5S/c1-12(2,7-19-3)14-20(17,18)8-4-5-10(13)9(6-8)11(15)16/h4-6,14H,7H2,1-3H3,(H,15,16). The van der Waals surface area contributed by atoms with E-state index in [0.717, 1.165) is 6.07 Å². The second-order valence-corrected chi connectivity index (χ2v) is 7.71. The molecule has 8 heteroatoms. The lowest BCUT2D eigenvalue weighted by atomic mass is 10.1. The minimum atomic E-state index is -3.81. The summed E-state index contributed by atoms with van der Waals surface area (Å²) < 4.78 is 32.4. The van der Waals surface area contributed by atoms with Crippen molar-refractivity contribution in [2.75, 3.05) is 13.7 Å². The number of rotatable bonds is 6. The summed E-state index contributed by atoms with van der Waals surface area (Å²) in [4.78, 5) is 11.0. The highest BCUT2D eigenvalue weighted by Crippen LogP contribution is 2.19. The van der Waals surface area contributed by atoms with Crippen molar-refractivity contribution in [1.29, 1.82) is 0 Å². The smallest absolute Gasteiger partial charge is 0.336 e. The van der Waals surface area contributed by atoms with Crippen LogP contribution in [0.2, 0.25) is 0 Å². The molecule has 6 nitrogen and oxygen atoms in total. The normalized spacial score (nSPS) is 12.4. The summed E-state index contributed by atoms with van der Waals surface area (Å²) in [5.74, 6) is -1.16. The largest absolute Gasteiger partial charge is 0.478 e. The molecule has 0 amide bonds. The lowest BCUT2D eigenvalue weighted by Crippen LogP contribution is -2.46. The molecule has 112 valence electrons. The van der Waals surface area contributed by atoms with Crippen molar-refractivity contribution in [3.63, 3.8) is 0 Å². The number of benzene rings is 1. The summed E-state index contributed by atoms with van der Waals surface area (Å²) in [6.45, 7) is 3.56. The van der Waals surface area contributed by atoms with E-state index in [9.17, 15) is 13.2 Å². The van der Waals surface area contributed by atoms with E-state index in [1.165, 1.54) is 19.2 Å². The first-order valence-corrected chi connectivity index (χ1v) is 8.21.